The van der Waals surface area contributed by atoms with Gasteiger partial charge in [-0.15, -0.1) is 0 Å². The van der Waals surface area contributed by atoms with E-state index in [1.807, 2.05) is 7.05 Å². The third-order valence-electron chi connectivity index (χ3n) is 3.47. The third kappa shape index (κ3) is 5.00. The van der Waals surface area contributed by atoms with E-state index in [9.17, 15) is 14.0 Å². The highest BCUT2D eigenvalue weighted by Gasteiger charge is 2.13. The number of likely N-dealkylation sites (N-methyl/N-ethyl adjacent to an activating group) is 1. The molecule has 1 atom stereocenters. The summed E-state index contributed by atoms with van der Waals surface area (Å²) in [6.07, 6.45) is 0. The summed E-state index contributed by atoms with van der Waals surface area (Å²) in [6, 6.07) is 13.4. The molecule has 0 heterocycles. The molecule has 2 rings (SSSR count). The number of halogens is 1. The average molecular weight is 315 g/mol. The van der Waals surface area contributed by atoms with Crippen LogP contribution in [0.5, 0.6) is 0 Å². The van der Waals surface area contributed by atoms with Gasteiger partial charge in [0.1, 0.15) is 12.4 Å². The first kappa shape index (κ1) is 16.8. The molecule has 0 aliphatic heterocycles. The van der Waals surface area contributed by atoms with Crippen molar-refractivity contribution < 1.29 is 18.9 Å². The minimum absolute atomic E-state index is 0.0524. The van der Waals surface area contributed by atoms with Gasteiger partial charge in [-0.2, -0.15) is 0 Å². The average Bonchev–Trinajstić information content (AvgIpc) is 2.49. The van der Waals surface area contributed by atoms with E-state index in [4.69, 9.17) is 0 Å². The molecular formula is C18H20FN2O2+. The first-order valence-corrected chi connectivity index (χ1v) is 7.41. The second kappa shape index (κ2) is 7.65. The van der Waals surface area contributed by atoms with Crippen molar-refractivity contribution in [3.05, 3.63) is 65.5 Å². The number of ketones is 1. The lowest BCUT2D eigenvalue weighted by molar-refractivity contribution is -0.885. The maximum absolute atomic E-state index is 13.6. The summed E-state index contributed by atoms with van der Waals surface area (Å²) in [7, 11) is 1.83. The lowest BCUT2D eigenvalue weighted by Crippen LogP contribution is -3.08. The largest absolute Gasteiger partial charge is 0.326 e. The molecule has 1 unspecified atom stereocenters. The van der Waals surface area contributed by atoms with Crippen molar-refractivity contribution in [2.75, 3.05) is 18.9 Å². The summed E-state index contributed by atoms with van der Waals surface area (Å²) in [5, 5.41) is 2.76. The Morgan fingerprint density at radius 3 is 2.57 bits per heavy atom. The van der Waals surface area contributed by atoms with Gasteiger partial charge < -0.3 is 10.2 Å². The molecule has 0 spiro atoms. The van der Waals surface area contributed by atoms with Gasteiger partial charge in [0.2, 0.25) is 0 Å². The van der Waals surface area contributed by atoms with Gasteiger partial charge in [0.05, 0.1) is 7.05 Å². The number of Topliss-reactive ketones (excluding diaryl/α,β-unsaturated/α-hetero) is 1. The standard InChI is InChI=1S/C18H19FN2O2/c1-13(22)14-7-5-8-16(10-14)20-18(23)12-21(2)11-15-6-3-4-9-17(15)19/h3-10H,11-12H2,1-2H3,(H,20,23)/p+1. The third-order valence-corrected chi connectivity index (χ3v) is 3.47. The van der Waals surface area contributed by atoms with E-state index in [1.165, 1.54) is 13.0 Å². The quantitative estimate of drug-likeness (QED) is 0.797. The molecular weight excluding hydrogens is 295 g/mol. The van der Waals surface area contributed by atoms with Crippen LogP contribution >= 0.6 is 0 Å². The van der Waals surface area contributed by atoms with Gasteiger partial charge >= 0.3 is 0 Å². The van der Waals surface area contributed by atoms with Crippen molar-refractivity contribution in [3.8, 4) is 0 Å². The lowest BCUT2D eigenvalue weighted by atomic mass is 10.1. The van der Waals surface area contributed by atoms with Crippen molar-refractivity contribution in [3.63, 3.8) is 0 Å². The number of nitrogens with one attached hydrogen (secondary N) is 2. The molecule has 0 radical (unpaired) electrons. The van der Waals surface area contributed by atoms with E-state index in [1.54, 1.807) is 42.5 Å². The molecule has 2 aromatic carbocycles. The van der Waals surface area contributed by atoms with Crippen LogP contribution in [0.15, 0.2) is 48.5 Å². The number of amides is 1. The number of anilines is 1. The number of carbonyl (C=O) groups excluding carboxylic acids is 2. The number of quaternary nitrogens is 1. The van der Waals surface area contributed by atoms with E-state index >= 15 is 0 Å². The normalized spacial score (nSPS) is 11.8. The summed E-state index contributed by atoms with van der Waals surface area (Å²) in [5.74, 6) is -0.496. The van der Waals surface area contributed by atoms with Crippen LogP contribution < -0.4 is 10.2 Å². The van der Waals surface area contributed by atoms with Crippen molar-refractivity contribution in [2.45, 2.75) is 13.5 Å². The zero-order chi connectivity index (χ0) is 16.8. The van der Waals surface area contributed by atoms with E-state index in [-0.39, 0.29) is 24.1 Å². The summed E-state index contributed by atoms with van der Waals surface area (Å²) >= 11 is 0. The van der Waals surface area contributed by atoms with Crippen molar-refractivity contribution in [2.24, 2.45) is 0 Å². The molecule has 23 heavy (non-hydrogen) atoms. The van der Waals surface area contributed by atoms with Crippen molar-refractivity contribution in [1.82, 2.24) is 0 Å². The van der Waals surface area contributed by atoms with E-state index in [2.05, 4.69) is 5.32 Å². The van der Waals surface area contributed by atoms with Gasteiger partial charge in [0, 0.05) is 16.8 Å². The Morgan fingerprint density at radius 2 is 1.87 bits per heavy atom. The minimum atomic E-state index is -0.263. The summed E-state index contributed by atoms with van der Waals surface area (Å²) < 4.78 is 13.6. The maximum Gasteiger partial charge on any atom is 0.279 e. The highest BCUT2D eigenvalue weighted by Crippen LogP contribution is 2.10. The molecule has 5 heteroatoms. The number of rotatable bonds is 6. The SMILES string of the molecule is CC(=O)c1cccc(NC(=O)C[NH+](C)Cc2ccccc2F)c1. The molecule has 0 bridgehead atoms. The van der Waals surface area contributed by atoms with Gasteiger partial charge in [-0.1, -0.05) is 30.3 Å². The monoisotopic (exact) mass is 315 g/mol. The summed E-state index contributed by atoms with van der Waals surface area (Å²) in [5.41, 5.74) is 1.72. The Labute approximate surface area is 134 Å². The zero-order valence-electron chi connectivity index (χ0n) is 13.2. The highest BCUT2D eigenvalue weighted by atomic mass is 19.1. The molecule has 0 aliphatic rings. The van der Waals surface area contributed by atoms with E-state index < -0.39 is 0 Å². The van der Waals surface area contributed by atoms with Crippen LogP contribution in [0, 0.1) is 5.82 Å². The van der Waals surface area contributed by atoms with E-state index in [0.29, 0.717) is 23.4 Å². The van der Waals surface area contributed by atoms with Crippen LogP contribution in [0.1, 0.15) is 22.8 Å². The molecule has 0 aliphatic carbocycles. The number of hydrogen-bond donors (Lipinski definition) is 2. The maximum atomic E-state index is 13.6. The molecule has 2 N–H and O–H groups in total. The molecule has 120 valence electrons. The summed E-state index contributed by atoms with van der Waals surface area (Å²) in [4.78, 5) is 24.3. The van der Waals surface area contributed by atoms with Crippen LogP contribution in [-0.2, 0) is 11.3 Å². The Balaban J connectivity index is 1.93. The van der Waals surface area contributed by atoms with Gasteiger partial charge in [-0.25, -0.2) is 4.39 Å². The first-order valence-electron chi connectivity index (χ1n) is 7.41. The number of carbonyl (C=O) groups is 2. The van der Waals surface area contributed by atoms with Gasteiger partial charge in [0.15, 0.2) is 12.3 Å². The fourth-order valence-electron chi connectivity index (χ4n) is 2.32. The second-order valence-electron chi connectivity index (χ2n) is 5.59. The smallest absolute Gasteiger partial charge is 0.279 e. The summed E-state index contributed by atoms with van der Waals surface area (Å²) in [6.45, 7) is 2.11. The molecule has 0 fully saturated rings. The second-order valence-corrected chi connectivity index (χ2v) is 5.59. The Kier molecular flexibility index (Phi) is 5.60. The van der Waals surface area contributed by atoms with E-state index in [0.717, 1.165) is 4.90 Å². The fourth-order valence-corrected chi connectivity index (χ4v) is 2.32. The van der Waals surface area contributed by atoms with Crippen molar-refractivity contribution >= 4 is 17.4 Å². The van der Waals surface area contributed by atoms with Crippen LogP contribution in [0.2, 0.25) is 0 Å². The molecule has 4 nitrogen and oxygen atoms in total. The number of hydrogen-bond acceptors (Lipinski definition) is 2. The highest BCUT2D eigenvalue weighted by molar-refractivity contribution is 5.97. The molecule has 1 amide bonds. The molecule has 0 aromatic heterocycles. The van der Waals surface area contributed by atoms with Crippen molar-refractivity contribution in [1.29, 1.82) is 0 Å². The van der Waals surface area contributed by atoms with Gasteiger partial charge in [-0.05, 0) is 25.1 Å². The van der Waals surface area contributed by atoms with Crippen LogP contribution in [0.4, 0.5) is 10.1 Å². The Morgan fingerprint density at radius 1 is 1.13 bits per heavy atom. The van der Waals surface area contributed by atoms with Crippen LogP contribution in [0.25, 0.3) is 0 Å². The molecule has 0 saturated carbocycles. The predicted molar refractivity (Wildman–Crippen MR) is 86.9 cm³/mol. The van der Waals surface area contributed by atoms with Crippen LogP contribution in [-0.4, -0.2) is 25.3 Å². The predicted octanol–water partition coefficient (Wildman–Crippen LogP) is 1.68. The van der Waals surface area contributed by atoms with Gasteiger partial charge in [0.25, 0.3) is 5.91 Å². The zero-order valence-corrected chi connectivity index (χ0v) is 13.2. The number of benzene rings is 2. The Hall–Kier alpha value is -2.53. The molecule has 0 saturated heterocycles. The fraction of sp³-hybridized carbons (Fsp3) is 0.222. The lowest BCUT2D eigenvalue weighted by Gasteiger charge is -2.14. The van der Waals surface area contributed by atoms with Crippen LogP contribution in [0.3, 0.4) is 0 Å². The first-order chi connectivity index (χ1) is 11.0. The minimum Gasteiger partial charge on any atom is -0.326 e. The topological polar surface area (TPSA) is 50.6 Å². The molecule has 2 aromatic rings. The Bertz CT molecular complexity index is 716. The van der Waals surface area contributed by atoms with Gasteiger partial charge in [-0.3, -0.25) is 9.59 Å².